The molecule has 0 spiro atoms. The molecular weight excluding hydrogens is 430 g/mol. The van der Waals surface area contributed by atoms with E-state index < -0.39 is 30.3 Å². The number of carbonyl (C=O) groups excluding carboxylic acids is 1. The maximum absolute atomic E-state index is 11.7. The Kier molecular flexibility index (Phi) is 5.32. The topological polar surface area (TPSA) is 170 Å². The second-order valence-electron chi connectivity index (χ2n) is 7.80. The number of aromatic nitrogens is 4. The molecule has 0 saturated carbocycles. The smallest absolute Gasteiger partial charge is 0.272 e. The number of nitrogens with zero attached hydrogens (tertiary/aromatic N) is 6. The van der Waals surface area contributed by atoms with Crippen LogP contribution in [0.2, 0.25) is 0 Å². The Morgan fingerprint density at radius 3 is 2.88 bits per heavy atom. The van der Waals surface area contributed by atoms with Gasteiger partial charge in [-0.05, 0) is 24.6 Å². The maximum Gasteiger partial charge on any atom is 0.272 e. The monoisotopic (exact) mass is 451 g/mol. The molecule has 4 atom stereocenters. The molecule has 4 heterocycles. The van der Waals surface area contributed by atoms with Crippen molar-refractivity contribution in [3.8, 4) is 5.75 Å². The van der Waals surface area contributed by atoms with E-state index in [1.807, 2.05) is 30.3 Å². The number of aliphatic hydroxyl groups is 2. The van der Waals surface area contributed by atoms with Crippen molar-refractivity contribution in [3.63, 3.8) is 0 Å². The molecule has 12 heteroatoms. The summed E-state index contributed by atoms with van der Waals surface area (Å²) in [6.45, 7) is 1.96. The van der Waals surface area contributed by atoms with Gasteiger partial charge in [0.25, 0.3) is 5.95 Å². The summed E-state index contributed by atoms with van der Waals surface area (Å²) in [5.41, 5.74) is 8.41. The highest BCUT2D eigenvalue weighted by Gasteiger charge is 2.46. The molecule has 4 N–H and O–H groups in total. The standard InChI is InChI=1S/C21H21N7O5/c1-10(29)17-15(30)16(31)20(33-17)28-9-23-14-18(22)25-21(26-19(14)28)27-24-7-11-6-12-4-2-3-5-13(12)32-8-11/h2-6,9,15-17,20,30-31H,7-8H2,1H3,(H2,22,25,26)/t15-,16+,17+,20+/m0/s1. The second-order valence-corrected chi connectivity index (χ2v) is 7.80. The predicted molar refractivity (Wildman–Crippen MR) is 116 cm³/mol. The van der Waals surface area contributed by atoms with Gasteiger partial charge in [-0.15, -0.1) is 5.11 Å². The van der Waals surface area contributed by atoms with E-state index in [0.717, 1.165) is 16.9 Å². The van der Waals surface area contributed by atoms with Gasteiger partial charge in [0, 0.05) is 5.56 Å². The number of imidazole rings is 1. The molecule has 0 amide bonds. The van der Waals surface area contributed by atoms with Gasteiger partial charge in [0.15, 0.2) is 23.5 Å². The summed E-state index contributed by atoms with van der Waals surface area (Å²) in [4.78, 5) is 24.3. The number of nitrogens with two attached hydrogens (primary N) is 1. The van der Waals surface area contributed by atoms with Gasteiger partial charge in [-0.25, -0.2) is 4.98 Å². The number of azo groups is 1. The Labute approximate surface area is 187 Å². The lowest BCUT2D eigenvalue weighted by Gasteiger charge is -2.16. The minimum atomic E-state index is -1.38. The molecule has 1 fully saturated rings. The van der Waals surface area contributed by atoms with Crippen LogP contribution in [-0.4, -0.2) is 67.0 Å². The predicted octanol–water partition coefficient (Wildman–Crippen LogP) is 1.18. The molecule has 2 aliphatic rings. The van der Waals surface area contributed by atoms with Crippen LogP contribution in [0.4, 0.5) is 11.8 Å². The largest absolute Gasteiger partial charge is 0.489 e. The third-order valence-corrected chi connectivity index (χ3v) is 5.48. The molecule has 5 rings (SSSR count). The van der Waals surface area contributed by atoms with Gasteiger partial charge in [0.1, 0.15) is 36.2 Å². The van der Waals surface area contributed by atoms with Crippen LogP contribution in [0.25, 0.3) is 17.2 Å². The van der Waals surface area contributed by atoms with Crippen LogP contribution in [0.5, 0.6) is 5.75 Å². The number of carbonyl (C=O) groups is 1. The molecule has 170 valence electrons. The lowest BCUT2D eigenvalue weighted by atomic mass is 10.1. The Hall–Kier alpha value is -3.74. The van der Waals surface area contributed by atoms with Crippen molar-refractivity contribution in [2.24, 2.45) is 10.2 Å². The fraction of sp³-hybridized carbons (Fsp3) is 0.333. The molecule has 2 aliphatic heterocycles. The number of rotatable bonds is 5. The minimum absolute atomic E-state index is 0.00405. The summed E-state index contributed by atoms with van der Waals surface area (Å²) in [6, 6.07) is 7.71. The number of Topliss-reactive ketones (excluding diaryl/α,β-unsaturated/α-hetero) is 1. The zero-order valence-electron chi connectivity index (χ0n) is 17.6. The van der Waals surface area contributed by atoms with Gasteiger partial charge in [-0.1, -0.05) is 18.2 Å². The highest BCUT2D eigenvalue weighted by molar-refractivity contribution is 5.83. The third kappa shape index (κ3) is 3.84. The number of ether oxygens (including phenoxy) is 2. The highest BCUT2D eigenvalue weighted by atomic mass is 16.6. The van der Waals surface area contributed by atoms with Crippen molar-refractivity contribution in [1.29, 1.82) is 0 Å². The fourth-order valence-electron chi connectivity index (χ4n) is 3.83. The highest BCUT2D eigenvalue weighted by Crippen LogP contribution is 2.33. The Bertz CT molecular complexity index is 1290. The molecule has 0 bridgehead atoms. The third-order valence-electron chi connectivity index (χ3n) is 5.48. The molecule has 1 saturated heterocycles. The molecule has 3 aromatic rings. The van der Waals surface area contributed by atoms with E-state index >= 15 is 0 Å². The van der Waals surface area contributed by atoms with E-state index in [9.17, 15) is 15.0 Å². The zero-order chi connectivity index (χ0) is 23.1. The number of anilines is 1. The van der Waals surface area contributed by atoms with E-state index in [-0.39, 0.29) is 29.5 Å². The van der Waals surface area contributed by atoms with E-state index in [4.69, 9.17) is 15.2 Å². The van der Waals surface area contributed by atoms with E-state index in [0.29, 0.717) is 6.61 Å². The average molecular weight is 451 g/mol. The Morgan fingerprint density at radius 1 is 1.27 bits per heavy atom. The molecule has 2 aromatic heterocycles. The van der Waals surface area contributed by atoms with Gasteiger partial charge < -0.3 is 25.4 Å². The molecular formula is C21H21N7O5. The first-order chi connectivity index (χ1) is 15.9. The average Bonchev–Trinajstić information content (AvgIpc) is 3.35. The number of aliphatic hydroxyl groups excluding tert-OH is 2. The van der Waals surface area contributed by atoms with Crippen LogP contribution in [0, 0.1) is 0 Å². The number of hydrogen-bond acceptors (Lipinski definition) is 11. The van der Waals surface area contributed by atoms with Crippen LogP contribution in [-0.2, 0) is 9.53 Å². The summed E-state index contributed by atoms with van der Waals surface area (Å²) < 4.78 is 12.7. The number of benzene rings is 1. The van der Waals surface area contributed by atoms with Crippen molar-refractivity contribution >= 4 is 34.8 Å². The lowest BCUT2D eigenvalue weighted by molar-refractivity contribution is -0.133. The summed E-state index contributed by atoms with van der Waals surface area (Å²) in [5.74, 6) is 0.482. The van der Waals surface area contributed by atoms with Crippen LogP contribution in [0.1, 0.15) is 18.7 Å². The summed E-state index contributed by atoms with van der Waals surface area (Å²) >= 11 is 0. The molecule has 0 radical (unpaired) electrons. The minimum Gasteiger partial charge on any atom is -0.489 e. The quantitative estimate of drug-likeness (QED) is 0.482. The van der Waals surface area contributed by atoms with Gasteiger partial charge in [-0.3, -0.25) is 9.36 Å². The fourth-order valence-corrected chi connectivity index (χ4v) is 3.83. The Morgan fingerprint density at radius 2 is 2.09 bits per heavy atom. The number of ketones is 1. The molecule has 0 aliphatic carbocycles. The zero-order valence-corrected chi connectivity index (χ0v) is 17.6. The number of fused-ring (bicyclic) bond motifs is 2. The first-order valence-electron chi connectivity index (χ1n) is 10.2. The molecule has 1 aromatic carbocycles. The SMILES string of the molecule is CC(=O)[C@H]1O[C@@H](n2cnc3c(N)nc(N=NCC4=Cc5ccccc5OC4)nc32)[C@H](O)[C@@H]1O. The van der Waals surface area contributed by atoms with Gasteiger partial charge in [0.2, 0.25) is 0 Å². The first-order valence-corrected chi connectivity index (χ1v) is 10.2. The van der Waals surface area contributed by atoms with Gasteiger partial charge in [0.05, 0.1) is 12.9 Å². The van der Waals surface area contributed by atoms with E-state index in [1.54, 1.807) is 0 Å². The number of para-hydroxylation sites is 1. The van der Waals surface area contributed by atoms with Gasteiger partial charge >= 0.3 is 0 Å². The van der Waals surface area contributed by atoms with E-state index in [2.05, 4.69) is 25.2 Å². The molecule has 33 heavy (non-hydrogen) atoms. The van der Waals surface area contributed by atoms with Gasteiger partial charge in [-0.2, -0.15) is 15.1 Å². The van der Waals surface area contributed by atoms with Crippen molar-refractivity contribution in [2.75, 3.05) is 18.9 Å². The lowest BCUT2D eigenvalue weighted by Crippen LogP contribution is -2.34. The van der Waals surface area contributed by atoms with E-state index in [1.165, 1.54) is 17.8 Å². The number of hydrogen-bond donors (Lipinski definition) is 3. The summed E-state index contributed by atoms with van der Waals surface area (Å²) in [6.07, 6.45) is -1.62. The maximum atomic E-state index is 11.7. The normalized spacial score (nSPS) is 24.6. The van der Waals surface area contributed by atoms with Crippen molar-refractivity contribution < 1.29 is 24.5 Å². The van der Waals surface area contributed by atoms with Crippen LogP contribution in [0.3, 0.4) is 0 Å². The van der Waals surface area contributed by atoms with Crippen LogP contribution >= 0.6 is 0 Å². The Balaban J connectivity index is 1.39. The van der Waals surface area contributed by atoms with Crippen molar-refractivity contribution in [3.05, 3.63) is 41.7 Å². The first kappa shape index (κ1) is 21.1. The molecule has 12 nitrogen and oxygen atoms in total. The van der Waals surface area contributed by atoms with Crippen molar-refractivity contribution in [1.82, 2.24) is 19.5 Å². The van der Waals surface area contributed by atoms with Crippen molar-refractivity contribution in [2.45, 2.75) is 31.5 Å². The number of nitrogen functional groups attached to an aromatic ring is 1. The van der Waals surface area contributed by atoms with Crippen LogP contribution < -0.4 is 10.5 Å². The second kappa shape index (κ2) is 8.31. The summed E-state index contributed by atoms with van der Waals surface area (Å²) in [7, 11) is 0. The molecule has 0 unspecified atom stereocenters. The summed E-state index contributed by atoms with van der Waals surface area (Å²) in [5, 5.41) is 28.8. The van der Waals surface area contributed by atoms with Crippen LogP contribution in [0.15, 0.2) is 46.4 Å².